The summed E-state index contributed by atoms with van der Waals surface area (Å²) in [5, 5.41) is 0. The molecule has 4 saturated carbocycles. The minimum absolute atomic E-state index is 0.133. The van der Waals surface area contributed by atoms with E-state index in [0.29, 0.717) is 17.1 Å². The van der Waals surface area contributed by atoms with Crippen molar-refractivity contribution in [3.8, 4) is 0 Å². The van der Waals surface area contributed by atoms with Crippen molar-refractivity contribution in [3.63, 3.8) is 0 Å². The Bertz CT molecular complexity index is 905. The lowest BCUT2D eigenvalue weighted by Crippen LogP contribution is -2.36. The zero-order valence-corrected chi connectivity index (χ0v) is 12.9. The fourth-order valence-corrected chi connectivity index (χ4v) is 5.74. The summed E-state index contributed by atoms with van der Waals surface area (Å²) >= 11 is 0. The summed E-state index contributed by atoms with van der Waals surface area (Å²) in [6.07, 6.45) is 6.39. The number of H-pyrrole nitrogens is 1. The lowest BCUT2D eigenvalue weighted by molar-refractivity contribution is 0.262. The van der Waals surface area contributed by atoms with Gasteiger partial charge in [-0.25, -0.2) is 9.78 Å². The van der Waals surface area contributed by atoms with Gasteiger partial charge in [0.1, 0.15) is 11.3 Å². The highest BCUT2D eigenvalue weighted by Gasteiger charge is 2.59. The van der Waals surface area contributed by atoms with Gasteiger partial charge in [-0.05, 0) is 49.9 Å². The van der Waals surface area contributed by atoms with Crippen molar-refractivity contribution < 1.29 is 0 Å². The highest BCUT2D eigenvalue weighted by atomic mass is 16.2. The van der Waals surface area contributed by atoms with Crippen LogP contribution < -0.4 is 11.2 Å². The molecule has 4 aliphatic carbocycles. The van der Waals surface area contributed by atoms with Gasteiger partial charge in [-0.2, -0.15) is 0 Å². The van der Waals surface area contributed by atoms with Crippen molar-refractivity contribution >= 4 is 11.2 Å². The van der Waals surface area contributed by atoms with Crippen molar-refractivity contribution in [2.75, 3.05) is 0 Å². The van der Waals surface area contributed by atoms with Crippen LogP contribution in [0.5, 0.6) is 0 Å². The van der Waals surface area contributed by atoms with Gasteiger partial charge in [-0.15, -0.1) is 0 Å². The van der Waals surface area contributed by atoms with Crippen LogP contribution in [0.3, 0.4) is 0 Å². The number of aromatic nitrogens is 4. The summed E-state index contributed by atoms with van der Waals surface area (Å²) in [6, 6.07) is 0. The lowest BCUT2D eigenvalue weighted by atomic mass is 9.75. The molecule has 0 amide bonds. The molecular weight excluding hydrogens is 280 g/mol. The molecule has 22 heavy (non-hydrogen) atoms. The molecule has 2 heterocycles. The van der Waals surface area contributed by atoms with E-state index in [2.05, 4.69) is 4.98 Å². The van der Waals surface area contributed by atoms with Crippen molar-refractivity contribution in [1.82, 2.24) is 19.1 Å². The summed E-state index contributed by atoms with van der Waals surface area (Å²) in [4.78, 5) is 32.5. The number of fused-ring (bicyclic) bond motifs is 1. The summed E-state index contributed by atoms with van der Waals surface area (Å²) in [6.45, 7) is 0. The van der Waals surface area contributed by atoms with Gasteiger partial charge in [0.2, 0.25) is 0 Å². The fourth-order valence-electron chi connectivity index (χ4n) is 5.74. The molecule has 0 spiro atoms. The molecule has 4 bridgehead atoms. The predicted molar refractivity (Wildman–Crippen MR) is 81.8 cm³/mol. The van der Waals surface area contributed by atoms with Crippen LogP contribution in [0.2, 0.25) is 0 Å². The average Bonchev–Trinajstić information content (AvgIpc) is 3.11. The van der Waals surface area contributed by atoms with Crippen LogP contribution in [-0.4, -0.2) is 19.1 Å². The third kappa shape index (κ3) is 1.30. The maximum Gasteiger partial charge on any atom is 0.332 e. The van der Waals surface area contributed by atoms with Gasteiger partial charge in [0.05, 0.1) is 0 Å². The first kappa shape index (κ1) is 12.7. The number of hydrogen-bond acceptors (Lipinski definition) is 3. The highest BCUT2D eigenvalue weighted by Crippen LogP contribution is 2.65. The van der Waals surface area contributed by atoms with Crippen LogP contribution in [0.4, 0.5) is 0 Å². The number of nitrogens with zero attached hydrogens (tertiary/aromatic N) is 3. The van der Waals surface area contributed by atoms with E-state index in [4.69, 9.17) is 4.98 Å². The van der Waals surface area contributed by atoms with Crippen molar-refractivity contribution in [2.24, 2.45) is 31.8 Å². The van der Waals surface area contributed by atoms with Crippen LogP contribution in [-0.2, 0) is 19.5 Å². The Labute approximate surface area is 127 Å². The number of rotatable bonds is 1. The van der Waals surface area contributed by atoms with Gasteiger partial charge in [0, 0.05) is 19.5 Å². The minimum Gasteiger partial charge on any atom is -0.336 e. The standard InChI is InChI=1S/C16H20N4O2/c1-19-12-11(13(21)20(2)15(19)22)17-14(18-12)16-6-8-3-9(7-16)5-10(16)4-8/h8-10H,3-7H2,1-2H3,(H,17,18). The largest absolute Gasteiger partial charge is 0.336 e. The first-order valence-electron chi connectivity index (χ1n) is 8.16. The summed E-state index contributed by atoms with van der Waals surface area (Å²) < 4.78 is 2.63. The predicted octanol–water partition coefficient (Wildman–Crippen LogP) is 1.04. The Morgan fingerprint density at radius 2 is 1.77 bits per heavy atom. The molecule has 2 aromatic rings. The quantitative estimate of drug-likeness (QED) is 0.855. The summed E-state index contributed by atoms with van der Waals surface area (Å²) in [7, 11) is 3.21. The monoisotopic (exact) mass is 300 g/mol. The second-order valence-electron chi connectivity index (χ2n) is 7.69. The molecule has 2 unspecified atom stereocenters. The Hall–Kier alpha value is -1.85. The van der Waals surface area contributed by atoms with E-state index in [9.17, 15) is 9.59 Å². The maximum absolute atomic E-state index is 12.4. The van der Waals surface area contributed by atoms with E-state index < -0.39 is 0 Å². The van der Waals surface area contributed by atoms with E-state index >= 15 is 0 Å². The van der Waals surface area contributed by atoms with Crippen LogP contribution in [0.25, 0.3) is 11.2 Å². The molecule has 1 N–H and O–H groups in total. The number of imidazole rings is 1. The van der Waals surface area contributed by atoms with E-state index in [1.54, 1.807) is 7.05 Å². The molecule has 0 aliphatic heterocycles. The molecule has 4 fully saturated rings. The number of aryl methyl sites for hydroxylation is 1. The van der Waals surface area contributed by atoms with Gasteiger partial charge in [0.15, 0.2) is 5.65 Å². The van der Waals surface area contributed by atoms with E-state index in [-0.39, 0.29) is 16.7 Å². The normalized spacial score (nSPS) is 35.8. The topological polar surface area (TPSA) is 72.7 Å². The number of aromatic amines is 1. The van der Waals surface area contributed by atoms with E-state index in [1.807, 2.05) is 0 Å². The molecule has 4 aliphatic rings. The van der Waals surface area contributed by atoms with E-state index in [1.165, 1.54) is 43.7 Å². The SMILES string of the molecule is Cn1c(=O)c2[nH]c(C34CC5CC(CC3C5)C4)nc2n(C)c1=O. The minimum atomic E-state index is -0.315. The zero-order chi connectivity index (χ0) is 15.2. The summed E-state index contributed by atoms with van der Waals surface area (Å²) in [5.41, 5.74) is 0.522. The average molecular weight is 300 g/mol. The Kier molecular flexibility index (Phi) is 2.15. The lowest BCUT2D eigenvalue weighted by Gasteiger charge is -2.30. The molecule has 0 aromatic carbocycles. The van der Waals surface area contributed by atoms with Gasteiger partial charge < -0.3 is 4.98 Å². The fraction of sp³-hybridized carbons (Fsp3) is 0.688. The highest BCUT2D eigenvalue weighted by molar-refractivity contribution is 5.70. The first-order valence-corrected chi connectivity index (χ1v) is 8.16. The Morgan fingerprint density at radius 1 is 1.09 bits per heavy atom. The van der Waals surface area contributed by atoms with Gasteiger partial charge in [-0.1, -0.05) is 0 Å². The molecule has 6 nitrogen and oxygen atoms in total. The third-order valence-corrected chi connectivity index (χ3v) is 6.56. The molecule has 6 heteroatoms. The van der Waals surface area contributed by atoms with Crippen LogP contribution in [0.1, 0.15) is 37.9 Å². The van der Waals surface area contributed by atoms with Gasteiger partial charge in [-0.3, -0.25) is 13.9 Å². The van der Waals surface area contributed by atoms with E-state index in [0.717, 1.165) is 22.2 Å². The molecule has 0 radical (unpaired) electrons. The Morgan fingerprint density at radius 3 is 2.45 bits per heavy atom. The second kappa shape index (κ2) is 3.73. The molecule has 2 aromatic heterocycles. The molecule has 0 saturated heterocycles. The smallest absolute Gasteiger partial charge is 0.332 e. The Balaban J connectivity index is 1.78. The zero-order valence-electron chi connectivity index (χ0n) is 12.9. The number of nitrogens with one attached hydrogen (secondary N) is 1. The van der Waals surface area contributed by atoms with Crippen molar-refractivity contribution in [1.29, 1.82) is 0 Å². The third-order valence-electron chi connectivity index (χ3n) is 6.56. The van der Waals surface area contributed by atoms with Crippen LogP contribution in [0, 0.1) is 17.8 Å². The first-order chi connectivity index (χ1) is 10.5. The summed E-state index contributed by atoms with van der Waals surface area (Å²) in [5.74, 6) is 3.32. The second-order valence-corrected chi connectivity index (χ2v) is 7.69. The van der Waals surface area contributed by atoms with Crippen LogP contribution >= 0.6 is 0 Å². The van der Waals surface area contributed by atoms with Gasteiger partial charge >= 0.3 is 5.69 Å². The maximum atomic E-state index is 12.4. The molecule has 116 valence electrons. The molecule has 6 rings (SSSR count). The van der Waals surface area contributed by atoms with Crippen molar-refractivity contribution in [2.45, 2.75) is 37.5 Å². The van der Waals surface area contributed by atoms with Crippen LogP contribution in [0.15, 0.2) is 9.59 Å². The molecular formula is C16H20N4O2. The number of hydrogen-bond donors (Lipinski definition) is 1. The van der Waals surface area contributed by atoms with Crippen molar-refractivity contribution in [3.05, 3.63) is 26.7 Å². The molecule has 2 atom stereocenters. The van der Waals surface area contributed by atoms with Gasteiger partial charge in [0.25, 0.3) is 5.56 Å².